The number of rotatable bonds is 5. The number of likely N-dealkylation sites (tertiary alicyclic amines) is 1. The Kier molecular flexibility index (Phi) is 6.07. The van der Waals surface area contributed by atoms with Crippen LogP contribution in [0, 0.1) is 5.92 Å². The van der Waals surface area contributed by atoms with Crippen molar-refractivity contribution in [1.29, 1.82) is 0 Å². The van der Waals surface area contributed by atoms with Crippen LogP contribution in [-0.2, 0) is 19.9 Å². The molecule has 5 aromatic rings. The summed E-state index contributed by atoms with van der Waals surface area (Å²) >= 11 is 0. The zero-order valence-corrected chi connectivity index (χ0v) is 22.6. The number of ether oxygens (including phenoxy) is 1. The first-order valence-corrected chi connectivity index (χ1v) is 13.8. The van der Waals surface area contributed by atoms with Gasteiger partial charge >= 0.3 is 5.97 Å². The van der Waals surface area contributed by atoms with Crippen LogP contribution < -0.4 is 0 Å². The second kappa shape index (κ2) is 9.81. The minimum Gasteiger partial charge on any atom is -0.468 e. The molecule has 5 nitrogen and oxygen atoms in total. The lowest BCUT2D eigenvalue weighted by atomic mass is 9.77. The first-order chi connectivity index (χ1) is 20.1. The Bertz CT molecular complexity index is 1750. The Balaban J connectivity index is 1.47. The first-order valence-electron chi connectivity index (χ1n) is 13.8. The topological polar surface area (TPSA) is 66.8 Å². The number of Topliss-reactive ketones (excluding diaryl/α,β-unsaturated/α-hetero) is 1. The normalized spacial score (nSPS) is 20.0. The van der Waals surface area contributed by atoms with Gasteiger partial charge in [0.25, 0.3) is 0 Å². The molecule has 202 valence electrons. The predicted molar refractivity (Wildman–Crippen MR) is 158 cm³/mol. The molecule has 0 amide bonds. The van der Waals surface area contributed by atoms with Crippen molar-refractivity contribution < 1.29 is 19.4 Å². The molecular formula is C36H29NO4. The van der Waals surface area contributed by atoms with E-state index < -0.39 is 29.6 Å². The standard InChI is InChI=1S/C36H29NO4/c1-41-35(40)33-32(34(39)28-19-11-13-23-12-5-6-16-25(23)28)31(38)22-37(33)36(24-14-3-2-4-15-24)29-20-9-7-17-26(29)27-18-8-10-21-30(27)36/h2-21,32-34,39H,22H2,1H3/t32-,33-,34+/m0/s1. The quantitative estimate of drug-likeness (QED) is 0.282. The number of carbonyl (C=O) groups excluding carboxylic acids is 2. The largest absolute Gasteiger partial charge is 0.468 e. The second-order valence-electron chi connectivity index (χ2n) is 10.8. The maximum Gasteiger partial charge on any atom is 0.324 e. The summed E-state index contributed by atoms with van der Waals surface area (Å²) in [7, 11) is 1.34. The van der Waals surface area contributed by atoms with E-state index in [0.29, 0.717) is 5.56 Å². The molecule has 1 saturated heterocycles. The summed E-state index contributed by atoms with van der Waals surface area (Å²) in [5.74, 6) is -1.76. The molecule has 41 heavy (non-hydrogen) atoms. The number of fused-ring (bicyclic) bond motifs is 4. The van der Waals surface area contributed by atoms with Crippen molar-refractivity contribution in [2.45, 2.75) is 17.7 Å². The third kappa shape index (κ3) is 3.63. The Morgan fingerprint density at radius 1 is 0.805 bits per heavy atom. The zero-order valence-electron chi connectivity index (χ0n) is 22.6. The van der Waals surface area contributed by atoms with Crippen LogP contribution in [0.3, 0.4) is 0 Å². The van der Waals surface area contributed by atoms with Gasteiger partial charge in [0.2, 0.25) is 0 Å². The van der Waals surface area contributed by atoms with Gasteiger partial charge in [-0.15, -0.1) is 0 Å². The minimum atomic E-state index is -1.21. The van der Waals surface area contributed by atoms with Crippen molar-refractivity contribution in [3.05, 3.63) is 144 Å². The zero-order chi connectivity index (χ0) is 28.1. The highest BCUT2D eigenvalue weighted by molar-refractivity contribution is 5.96. The lowest BCUT2D eigenvalue weighted by Gasteiger charge is -2.44. The third-order valence-electron chi connectivity index (χ3n) is 8.85. The van der Waals surface area contributed by atoms with Crippen molar-refractivity contribution in [3.8, 4) is 11.1 Å². The van der Waals surface area contributed by atoms with Crippen LogP contribution in [0.4, 0.5) is 0 Å². The summed E-state index contributed by atoms with van der Waals surface area (Å²) in [6.07, 6.45) is -1.21. The monoisotopic (exact) mass is 539 g/mol. The molecule has 0 radical (unpaired) electrons. The van der Waals surface area contributed by atoms with E-state index in [1.54, 1.807) is 0 Å². The highest BCUT2D eigenvalue weighted by Gasteiger charge is 2.60. The number of hydrogen-bond acceptors (Lipinski definition) is 5. The number of hydrogen-bond donors (Lipinski definition) is 1. The van der Waals surface area contributed by atoms with E-state index in [1.807, 2.05) is 102 Å². The number of methoxy groups -OCH3 is 1. The number of aliphatic hydroxyl groups excluding tert-OH is 1. The molecule has 3 atom stereocenters. The van der Waals surface area contributed by atoms with Crippen LogP contribution in [-0.4, -0.2) is 41.5 Å². The van der Waals surface area contributed by atoms with Gasteiger partial charge in [-0.3, -0.25) is 14.5 Å². The molecule has 7 rings (SSSR count). The van der Waals surface area contributed by atoms with Crippen LogP contribution in [0.25, 0.3) is 21.9 Å². The van der Waals surface area contributed by atoms with E-state index in [1.165, 1.54) is 7.11 Å². The van der Waals surface area contributed by atoms with Crippen molar-refractivity contribution in [2.24, 2.45) is 5.92 Å². The number of benzene rings is 5. The Morgan fingerprint density at radius 2 is 1.39 bits per heavy atom. The SMILES string of the molecule is COC(=O)[C@@H]1[C@@H]([C@H](O)c2cccc3ccccc23)C(=O)CN1C1(c2ccccc2)c2ccccc2-c2ccccc21. The molecule has 0 spiro atoms. The van der Waals surface area contributed by atoms with E-state index in [0.717, 1.165) is 38.6 Å². The smallest absolute Gasteiger partial charge is 0.324 e. The molecule has 1 heterocycles. The fraction of sp³-hybridized carbons (Fsp3) is 0.167. The Labute approximate surface area is 238 Å². The van der Waals surface area contributed by atoms with Gasteiger partial charge in [0.15, 0.2) is 5.78 Å². The molecule has 0 saturated carbocycles. The van der Waals surface area contributed by atoms with E-state index in [2.05, 4.69) is 24.3 Å². The molecule has 1 fully saturated rings. The summed E-state index contributed by atoms with van der Waals surface area (Å²) in [6.45, 7) is -0.0240. The molecule has 5 aromatic carbocycles. The number of aliphatic hydroxyl groups is 1. The van der Waals surface area contributed by atoms with Gasteiger partial charge in [-0.1, -0.05) is 121 Å². The molecule has 1 aliphatic heterocycles. The van der Waals surface area contributed by atoms with Gasteiger partial charge < -0.3 is 9.84 Å². The third-order valence-corrected chi connectivity index (χ3v) is 8.85. The van der Waals surface area contributed by atoms with Crippen LogP contribution in [0.15, 0.2) is 121 Å². The summed E-state index contributed by atoms with van der Waals surface area (Å²) in [5, 5.41) is 13.8. The van der Waals surface area contributed by atoms with Gasteiger partial charge in [-0.2, -0.15) is 0 Å². The lowest BCUT2D eigenvalue weighted by molar-refractivity contribution is -0.151. The maximum atomic E-state index is 14.1. The molecule has 1 N–H and O–H groups in total. The summed E-state index contributed by atoms with van der Waals surface area (Å²) in [4.78, 5) is 29.9. The molecule has 5 heteroatoms. The molecular weight excluding hydrogens is 510 g/mol. The van der Waals surface area contributed by atoms with E-state index in [4.69, 9.17) is 4.74 Å². The van der Waals surface area contributed by atoms with Crippen molar-refractivity contribution in [3.63, 3.8) is 0 Å². The predicted octanol–water partition coefficient (Wildman–Crippen LogP) is 5.89. The Hall–Kier alpha value is -4.58. The molecule has 2 aliphatic rings. The maximum absolute atomic E-state index is 14.1. The number of esters is 1. The summed E-state index contributed by atoms with van der Waals surface area (Å²) < 4.78 is 5.39. The number of nitrogens with zero attached hydrogens (tertiary/aromatic N) is 1. The molecule has 0 unspecified atom stereocenters. The molecule has 1 aliphatic carbocycles. The van der Waals surface area contributed by atoms with Crippen molar-refractivity contribution >= 4 is 22.5 Å². The summed E-state index contributed by atoms with van der Waals surface area (Å²) in [6, 6.07) is 38.8. The molecule has 0 bridgehead atoms. The summed E-state index contributed by atoms with van der Waals surface area (Å²) in [5.41, 5.74) is 4.72. The first kappa shape index (κ1) is 25.4. The van der Waals surface area contributed by atoms with Crippen LogP contribution >= 0.6 is 0 Å². The fourth-order valence-corrected chi connectivity index (χ4v) is 7.19. The van der Waals surface area contributed by atoms with Gasteiger partial charge in [0.1, 0.15) is 6.04 Å². The van der Waals surface area contributed by atoms with Crippen LogP contribution in [0.2, 0.25) is 0 Å². The van der Waals surface area contributed by atoms with Gasteiger partial charge in [0.05, 0.1) is 31.2 Å². The van der Waals surface area contributed by atoms with Gasteiger partial charge in [0, 0.05) is 0 Å². The van der Waals surface area contributed by atoms with E-state index >= 15 is 0 Å². The van der Waals surface area contributed by atoms with Crippen LogP contribution in [0.5, 0.6) is 0 Å². The van der Waals surface area contributed by atoms with Gasteiger partial charge in [-0.25, -0.2) is 0 Å². The highest BCUT2D eigenvalue weighted by atomic mass is 16.5. The Morgan fingerprint density at radius 3 is 2.07 bits per heavy atom. The number of ketones is 1. The van der Waals surface area contributed by atoms with Crippen molar-refractivity contribution in [2.75, 3.05) is 13.7 Å². The fourth-order valence-electron chi connectivity index (χ4n) is 7.19. The van der Waals surface area contributed by atoms with E-state index in [-0.39, 0.29) is 12.3 Å². The average molecular weight is 540 g/mol. The van der Waals surface area contributed by atoms with Crippen LogP contribution in [0.1, 0.15) is 28.4 Å². The lowest BCUT2D eigenvalue weighted by Crippen LogP contribution is -2.54. The number of carbonyl (C=O) groups is 2. The van der Waals surface area contributed by atoms with E-state index in [9.17, 15) is 14.7 Å². The average Bonchev–Trinajstić information content (AvgIpc) is 3.53. The van der Waals surface area contributed by atoms with Gasteiger partial charge in [-0.05, 0) is 44.2 Å². The minimum absolute atomic E-state index is 0.0240. The molecule has 0 aromatic heterocycles. The van der Waals surface area contributed by atoms with Crippen molar-refractivity contribution in [1.82, 2.24) is 4.90 Å². The highest BCUT2D eigenvalue weighted by Crippen LogP contribution is 2.57. The second-order valence-corrected chi connectivity index (χ2v) is 10.8.